The molecule has 2 heterocycles. The Morgan fingerprint density at radius 3 is 2.77 bits per heavy atom. The number of anilines is 1. The van der Waals surface area contributed by atoms with Crippen LogP contribution in [0.1, 0.15) is 38.5 Å². The quantitative estimate of drug-likeness (QED) is 0.907. The maximum Gasteiger partial charge on any atom is 0.410 e. The van der Waals surface area contributed by atoms with Gasteiger partial charge in [0.2, 0.25) is 5.91 Å². The number of rotatable bonds is 2. The Morgan fingerprint density at radius 1 is 1.45 bits per heavy atom. The summed E-state index contributed by atoms with van der Waals surface area (Å²) in [5.41, 5.74) is -0.523. The van der Waals surface area contributed by atoms with E-state index in [0.717, 1.165) is 17.7 Å². The Kier molecular flexibility index (Phi) is 5.05. The molecule has 7 heteroatoms. The van der Waals surface area contributed by atoms with Crippen molar-refractivity contribution in [3.8, 4) is 0 Å². The number of nitrogens with one attached hydrogen (secondary N) is 1. The third-order valence-corrected chi connectivity index (χ3v) is 4.12. The second-order valence-electron chi connectivity index (χ2n) is 6.53. The van der Waals surface area contributed by atoms with E-state index >= 15 is 0 Å². The lowest BCUT2D eigenvalue weighted by Crippen LogP contribution is -2.45. The molecule has 1 N–H and O–H groups in total. The zero-order valence-corrected chi connectivity index (χ0v) is 14.3. The highest BCUT2D eigenvalue weighted by Gasteiger charge is 2.31. The molecule has 1 saturated heterocycles. The molecule has 1 aromatic heterocycles. The lowest BCUT2D eigenvalue weighted by molar-refractivity contribution is -0.121. The smallest absolute Gasteiger partial charge is 0.410 e. The minimum absolute atomic E-state index is 0.0809. The van der Waals surface area contributed by atoms with Gasteiger partial charge in [0.1, 0.15) is 5.60 Å². The highest BCUT2D eigenvalue weighted by Crippen LogP contribution is 2.22. The summed E-state index contributed by atoms with van der Waals surface area (Å²) >= 11 is 1.45. The summed E-state index contributed by atoms with van der Waals surface area (Å²) in [4.78, 5) is 31.2. The summed E-state index contributed by atoms with van der Waals surface area (Å²) in [6, 6.07) is 0. The maximum atomic E-state index is 12.3. The van der Waals surface area contributed by atoms with Gasteiger partial charge in [0.25, 0.3) is 0 Å². The second kappa shape index (κ2) is 6.64. The second-order valence-corrected chi connectivity index (χ2v) is 7.77. The summed E-state index contributed by atoms with van der Waals surface area (Å²) in [6.07, 6.45) is 2.95. The van der Waals surface area contributed by atoms with Crippen LogP contribution in [0.2, 0.25) is 0 Å². The van der Waals surface area contributed by atoms with Gasteiger partial charge in [-0.15, -0.1) is 11.3 Å². The van der Waals surface area contributed by atoms with Gasteiger partial charge in [-0.05, 0) is 40.5 Å². The van der Waals surface area contributed by atoms with Crippen molar-refractivity contribution in [3.05, 3.63) is 11.1 Å². The first kappa shape index (κ1) is 16.7. The predicted octanol–water partition coefficient (Wildman–Crippen LogP) is 3.04. The molecule has 1 aromatic rings. The minimum atomic E-state index is -0.523. The average Bonchev–Trinajstić information content (AvgIpc) is 2.82. The third kappa shape index (κ3) is 4.69. The number of nitrogens with zero attached hydrogens (tertiary/aromatic N) is 2. The van der Waals surface area contributed by atoms with Gasteiger partial charge in [-0.2, -0.15) is 0 Å². The molecule has 0 bridgehead atoms. The molecule has 1 aliphatic heterocycles. The van der Waals surface area contributed by atoms with Gasteiger partial charge < -0.3 is 15.0 Å². The van der Waals surface area contributed by atoms with Crippen molar-refractivity contribution in [1.82, 2.24) is 9.88 Å². The summed E-state index contributed by atoms with van der Waals surface area (Å²) in [7, 11) is 0. The molecule has 2 rings (SSSR count). The van der Waals surface area contributed by atoms with Crippen molar-refractivity contribution in [2.45, 2.75) is 46.1 Å². The van der Waals surface area contributed by atoms with Crippen LogP contribution in [0.25, 0.3) is 0 Å². The van der Waals surface area contributed by atoms with Gasteiger partial charge in [0.15, 0.2) is 5.13 Å². The first-order valence-electron chi connectivity index (χ1n) is 7.46. The fourth-order valence-corrected chi connectivity index (χ4v) is 2.97. The first-order chi connectivity index (χ1) is 10.2. The molecular weight excluding hydrogens is 302 g/mol. The molecule has 122 valence electrons. The summed E-state index contributed by atoms with van der Waals surface area (Å²) in [6.45, 7) is 8.48. The van der Waals surface area contributed by atoms with Crippen LogP contribution < -0.4 is 5.32 Å². The van der Waals surface area contributed by atoms with Crippen LogP contribution in [0.5, 0.6) is 0 Å². The van der Waals surface area contributed by atoms with Crippen LogP contribution in [0.3, 0.4) is 0 Å². The van der Waals surface area contributed by atoms with E-state index in [1.165, 1.54) is 11.3 Å². The van der Waals surface area contributed by atoms with Gasteiger partial charge in [-0.3, -0.25) is 4.79 Å². The summed E-state index contributed by atoms with van der Waals surface area (Å²) in [5.74, 6) is -0.298. The Balaban J connectivity index is 1.92. The molecule has 6 nitrogen and oxygen atoms in total. The fourth-order valence-electron chi connectivity index (χ4n) is 2.30. The fraction of sp³-hybridized carbons (Fsp3) is 0.667. The number of hydrogen-bond acceptors (Lipinski definition) is 5. The van der Waals surface area contributed by atoms with E-state index in [9.17, 15) is 9.59 Å². The Bertz CT molecular complexity index is 550. The summed E-state index contributed by atoms with van der Waals surface area (Å²) in [5, 5.41) is 3.44. The monoisotopic (exact) mass is 325 g/mol. The van der Waals surface area contributed by atoms with Gasteiger partial charge in [0, 0.05) is 24.2 Å². The maximum absolute atomic E-state index is 12.3. The molecule has 0 radical (unpaired) electrons. The van der Waals surface area contributed by atoms with Gasteiger partial charge in [-0.1, -0.05) is 0 Å². The van der Waals surface area contributed by atoms with Gasteiger partial charge in [0.05, 0.1) is 5.92 Å². The van der Waals surface area contributed by atoms with Gasteiger partial charge >= 0.3 is 6.09 Å². The zero-order chi connectivity index (χ0) is 16.3. The van der Waals surface area contributed by atoms with Crippen molar-refractivity contribution < 1.29 is 14.3 Å². The van der Waals surface area contributed by atoms with E-state index in [1.54, 1.807) is 11.1 Å². The van der Waals surface area contributed by atoms with Crippen molar-refractivity contribution >= 4 is 28.5 Å². The largest absolute Gasteiger partial charge is 0.444 e. The van der Waals surface area contributed by atoms with E-state index in [1.807, 2.05) is 27.7 Å². The van der Waals surface area contributed by atoms with Crippen LogP contribution in [0, 0.1) is 12.8 Å². The highest BCUT2D eigenvalue weighted by molar-refractivity contribution is 7.15. The molecule has 0 spiro atoms. The van der Waals surface area contributed by atoms with Crippen molar-refractivity contribution in [2.75, 3.05) is 18.4 Å². The lowest BCUT2D eigenvalue weighted by Gasteiger charge is -2.33. The average molecular weight is 325 g/mol. The Morgan fingerprint density at radius 2 is 2.18 bits per heavy atom. The molecule has 1 fully saturated rings. The zero-order valence-electron chi connectivity index (χ0n) is 13.5. The lowest BCUT2D eigenvalue weighted by atomic mass is 9.97. The normalized spacial score (nSPS) is 18.9. The number of hydrogen-bond donors (Lipinski definition) is 1. The number of thiazole rings is 1. The number of likely N-dealkylation sites (tertiary alicyclic amines) is 1. The third-order valence-electron chi connectivity index (χ3n) is 3.30. The molecule has 1 atom stereocenters. The standard InChI is InChI=1S/C15H23N3O3S/c1-10-8-16-13(22-10)17-12(19)11-6-5-7-18(9-11)14(20)21-15(2,3)4/h8,11H,5-7,9H2,1-4H3,(H,16,17,19)/t11-/m0/s1. The number of ether oxygens (including phenoxy) is 1. The predicted molar refractivity (Wildman–Crippen MR) is 86.0 cm³/mol. The molecule has 2 amide bonds. The SMILES string of the molecule is Cc1cnc(NC(=O)[C@H]2CCCN(C(=O)OC(C)(C)C)C2)s1. The van der Waals surface area contributed by atoms with E-state index in [2.05, 4.69) is 10.3 Å². The van der Waals surface area contributed by atoms with E-state index < -0.39 is 5.60 Å². The van der Waals surface area contributed by atoms with Gasteiger partial charge in [-0.25, -0.2) is 9.78 Å². The van der Waals surface area contributed by atoms with Crippen molar-refractivity contribution in [2.24, 2.45) is 5.92 Å². The Hall–Kier alpha value is -1.63. The number of carbonyl (C=O) groups is 2. The van der Waals surface area contributed by atoms with E-state index in [0.29, 0.717) is 18.2 Å². The molecule has 1 aliphatic rings. The molecule has 22 heavy (non-hydrogen) atoms. The number of carbonyl (C=O) groups excluding carboxylic acids is 2. The van der Waals surface area contributed by atoms with E-state index in [-0.39, 0.29) is 17.9 Å². The van der Waals surface area contributed by atoms with Crippen molar-refractivity contribution in [1.29, 1.82) is 0 Å². The van der Waals surface area contributed by atoms with Crippen molar-refractivity contribution in [3.63, 3.8) is 0 Å². The number of aryl methyl sites for hydroxylation is 1. The molecule has 0 unspecified atom stereocenters. The molecule has 0 saturated carbocycles. The van der Waals surface area contributed by atoms with Crippen LogP contribution in [0.4, 0.5) is 9.93 Å². The number of amides is 2. The Labute approximate surface area is 134 Å². The van der Waals surface area contributed by atoms with Crippen LogP contribution >= 0.6 is 11.3 Å². The first-order valence-corrected chi connectivity index (χ1v) is 8.27. The van der Waals surface area contributed by atoms with Crippen LogP contribution in [0.15, 0.2) is 6.20 Å². The number of piperidine rings is 1. The summed E-state index contributed by atoms with van der Waals surface area (Å²) < 4.78 is 5.37. The minimum Gasteiger partial charge on any atom is -0.444 e. The van der Waals surface area contributed by atoms with E-state index in [4.69, 9.17) is 4.74 Å². The highest BCUT2D eigenvalue weighted by atomic mass is 32.1. The molecular formula is C15H23N3O3S. The van der Waals surface area contributed by atoms with Crippen LogP contribution in [-0.4, -0.2) is 40.6 Å². The van der Waals surface area contributed by atoms with Crippen LogP contribution in [-0.2, 0) is 9.53 Å². The topological polar surface area (TPSA) is 71.5 Å². The molecule has 0 aromatic carbocycles. The number of aromatic nitrogens is 1. The molecule has 0 aliphatic carbocycles.